The summed E-state index contributed by atoms with van der Waals surface area (Å²) in [5, 5.41) is 0. The van der Waals surface area contributed by atoms with Gasteiger partial charge in [-0.3, -0.25) is 0 Å². The maximum atomic E-state index is 13.7. The van der Waals surface area contributed by atoms with Crippen LogP contribution in [0.15, 0.2) is 12.1 Å². The average Bonchev–Trinajstić information content (AvgIpc) is 2.60. The Kier molecular flexibility index (Phi) is 5.39. The zero-order chi connectivity index (χ0) is 16.2. The highest BCUT2D eigenvalue weighted by molar-refractivity contribution is 5.44. The van der Waals surface area contributed by atoms with Gasteiger partial charge in [-0.2, -0.15) is 4.39 Å². The van der Waals surface area contributed by atoms with Crippen LogP contribution in [0.5, 0.6) is 5.75 Å². The Hall–Kier alpha value is -1.32. The maximum Gasteiger partial charge on any atom is 0.202 e. The topological polar surface area (TPSA) is 35.2 Å². The second-order valence-electron chi connectivity index (χ2n) is 7.27. The molecule has 0 bridgehead atoms. The quantitative estimate of drug-likeness (QED) is 0.762. The van der Waals surface area contributed by atoms with Gasteiger partial charge >= 0.3 is 0 Å². The number of hydrogen-bond donors (Lipinski definition) is 1. The monoisotopic (exact) mass is 323 g/mol. The molecular formula is C19H27F2NO. The molecule has 0 heterocycles. The Balaban J connectivity index is 1.47. The molecule has 1 aromatic carbocycles. The first kappa shape index (κ1) is 16.5. The molecule has 2 fully saturated rings. The van der Waals surface area contributed by atoms with Crippen LogP contribution in [-0.4, -0.2) is 6.61 Å². The second-order valence-corrected chi connectivity index (χ2v) is 7.27. The van der Waals surface area contributed by atoms with Crippen molar-refractivity contribution in [2.45, 2.75) is 57.8 Å². The first-order valence-corrected chi connectivity index (χ1v) is 9.01. The van der Waals surface area contributed by atoms with E-state index in [0.717, 1.165) is 24.7 Å². The van der Waals surface area contributed by atoms with Gasteiger partial charge in [-0.15, -0.1) is 0 Å². The molecule has 128 valence electrons. The first-order valence-electron chi connectivity index (χ1n) is 9.01. The van der Waals surface area contributed by atoms with E-state index in [1.165, 1.54) is 57.1 Å². The summed E-state index contributed by atoms with van der Waals surface area (Å²) in [6.07, 6.45) is 11.8. The van der Waals surface area contributed by atoms with Crippen molar-refractivity contribution in [1.82, 2.24) is 0 Å². The van der Waals surface area contributed by atoms with Gasteiger partial charge in [0.05, 0.1) is 12.3 Å². The van der Waals surface area contributed by atoms with Gasteiger partial charge in [0, 0.05) is 0 Å². The number of benzene rings is 1. The van der Waals surface area contributed by atoms with Crippen molar-refractivity contribution in [1.29, 1.82) is 0 Å². The molecule has 0 aliphatic heterocycles. The smallest absolute Gasteiger partial charge is 0.202 e. The minimum Gasteiger partial charge on any atom is -0.490 e. The standard InChI is InChI=1S/C19H27F2NO/c20-18-16(22)10-11-17(19(18)21)23-12-13-6-8-15(9-7-13)14-4-2-1-3-5-14/h10-11,13-15H,1-9,12,22H2. The number of nitrogen functional groups attached to an aromatic ring is 1. The van der Waals surface area contributed by atoms with Crippen molar-refractivity contribution in [3.05, 3.63) is 23.8 Å². The summed E-state index contributed by atoms with van der Waals surface area (Å²) in [6.45, 7) is 0.470. The fraction of sp³-hybridized carbons (Fsp3) is 0.684. The highest BCUT2D eigenvalue weighted by Gasteiger charge is 2.28. The summed E-state index contributed by atoms with van der Waals surface area (Å²) in [6, 6.07) is 2.77. The molecule has 2 aliphatic rings. The van der Waals surface area contributed by atoms with E-state index in [2.05, 4.69) is 0 Å². The van der Waals surface area contributed by atoms with Crippen molar-refractivity contribution in [3.63, 3.8) is 0 Å². The third-order valence-corrected chi connectivity index (χ3v) is 5.76. The number of rotatable bonds is 4. The van der Waals surface area contributed by atoms with Gasteiger partial charge in [0.15, 0.2) is 11.6 Å². The summed E-state index contributed by atoms with van der Waals surface area (Å²) >= 11 is 0. The van der Waals surface area contributed by atoms with Crippen LogP contribution in [0.4, 0.5) is 14.5 Å². The van der Waals surface area contributed by atoms with Gasteiger partial charge in [0.2, 0.25) is 5.82 Å². The average molecular weight is 323 g/mol. The van der Waals surface area contributed by atoms with Crippen LogP contribution < -0.4 is 10.5 Å². The molecule has 2 N–H and O–H groups in total. The SMILES string of the molecule is Nc1ccc(OCC2CCC(C3CCCCC3)CC2)c(F)c1F. The van der Waals surface area contributed by atoms with Crippen LogP contribution in [0.25, 0.3) is 0 Å². The highest BCUT2D eigenvalue weighted by Crippen LogP contribution is 2.40. The minimum absolute atomic E-state index is 0.0221. The Labute approximate surface area is 137 Å². The van der Waals surface area contributed by atoms with Gasteiger partial charge in [-0.25, -0.2) is 4.39 Å². The highest BCUT2D eigenvalue weighted by atomic mass is 19.2. The molecule has 0 amide bonds. The van der Waals surface area contributed by atoms with Crippen LogP contribution >= 0.6 is 0 Å². The zero-order valence-corrected chi connectivity index (χ0v) is 13.7. The molecule has 2 nitrogen and oxygen atoms in total. The van der Waals surface area contributed by atoms with Crippen molar-refractivity contribution in [3.8, 4) is 5.75 Å². The van der Waals surface area contributed by atoms with Crippen molar-refractivity contribution in [2.75, 3.05) is 12.3 Å². The molecule has 0 saturated heterocycles. The lowest BCUT2D eigenvalue weighted by molar-refractivity contribution is 0.133. The Morgan fingerprint density at radius 3 is 2.22 bits per heavy atom. The molecule has 0 unspecified atom stereocenters. The first-order chi connectivity index (χ1) is 11.1. The molecule has 4 heteroatoms. The van der Waals surface area contributed by atoms with E-state index in [0.29, 0.717) is 12.5 Å². The summed E-state index contributed by atoms with van der Waals surface area (Å²) in [7, 11) is 0. The lowest BCUT2D eigenvalue weighted by Gasteiger charge is -2.35. The molecule has 1 aromatic rings. The van der Waals surface area contributed by atoms with E-state index in [4.69, 9.17) is 10.5 Å². The molecule has 0 spiro atoms. The van der Waals surface area contributed by atoms with Gasteiger partial charge in [0.1, 0.15) is 0 Å². The number of nitrogens with two attached hydrogens (primary N) is 1. The number of hydrogen-bond acceptors (Lipinski definition) is 2. The number of halogens is 2. The predicted octanol–water partition coefficient (Wildman–Crippen LogP) is 5.31. The fourth-order valence-corrected chi connectivity index (χ4v) is 4.30. The maximum absolute atomic E-state index is 13.7. The number of anilines is 1. The molecule has 0 aromatic heterocycles. The van der Waals surface area contributed by atoms with E-state index in [9.17, 15) is 8.78 Å². The van der Waals surface area contributed by atoms with E-state index in [1.807, 2.05) is 0 Å². The zero-order valence-electron chi connectivity index (χ0n) is 13.7. The number of ether oxygens (including phenoxy) is 1. The lowest BCUT2D eigenvalue weighted by Crippen LogP contribution is -2.26. The predicted molar refractivity (Wildman–Crippen MR) is 88.3 cm³/mol. The van der Waals surface area contributed by atoms with Gasteiger partial charge < -0.3 is 10.5 Å². The molecule has 2 saturated carbocycles. The van der Waals surface area contributed by atoms with Crippen LogP contribution in [0, 0.1) is 29.4 Å². The third-order valence-electron chi connectivity index (χ3n) is 5.76. The van der Waals surface area contributed by atoms with Crippen LogP contribution in [0.2, 0.25) is 0 Å². The van der Waals surface area contributed by atoms with E-state index in [1.54, 1.807) is 0 Å². The largest absolute Gasteiger partial charge is 0.490 e. The molecule has 0 radical (unpaired) electrons. The Morgan fingerprint density at radius 2 is 1.52 bits per heavy atom. The van der Waals surface area contributed by atoms with Crippen LogP contribution in [0.1, 0.15) is 57.8 Å². The second kappa shape index (κ2) is 7.50. The fourth-order valence-electron chi connectivity index (χ4n) is 4.30. The van der Waals surface area contributed by atoms with Crippen molar-refractivity contribution in [2.24, 2.45) is 17.8 Å². The Bertz CT molecular complexity index is 520. The van der Waals surface area contributed by atoms with E-state index in [-0.39, 0.29) is 11.4 Å². The molecule has 23 heavy (non-hydrogen) atoms. The summed E-state index contributed by atoms with van der Waals surface area (Å²) in [5.74, 6) is 0.247. The van der Waals surface area contributed by atoms with E-state index >= 15 is 0 Å². The lowest BCUT2D eigenvalue weighted by atomic mass is 9.71. The van der Waals surface area contributed by atoms with E-state index < -0.39 is 11.6 Å². The van der Waals surface area contributed by atoms with Crippen molar-refractivity contribution >= 4 is 5.69 Å². The summed E-state index contributed by atoms with van der Waals surface area (Å²) in [4.78, 5) is 0. The molecule has 3 rings (SSSR count). The molecular weight excluding hydrogens is 296 g/mol. The summed E-state index contributed by atoms with van der Waals surface area (Å²) < 4.78 is 32.7. The minimum atomic E-state index is -1.01. The van der Waals surface area contributed by atoms with Gasteiger partial charge in [-0.1, -0.05) is 32.1 Å². The van der Waals surface area contributed by atoms with Crippen LogP contribution in [-0.2, 0) is 0 Å². The van der Waals surface area contributed by atoms with Crippen molar-refractivity contribution < 1.29 is 13.5 Å². The third kappa shape index (κ3) is 3.96. The summed E-state index contributed by atoms with van der Waals surface area (Å²) in [5.41, 5.74) is 5.17. The van der Waals surface area contributed by atoms with Gasteiger partial charge in [-0.05, 0) is 55.6 Å². The van der Waals surface area contributed by atoms with Crippen LogP contribution in [0.3, 0.4) is 0 Å². The normalized spacial score (nSPS) is 26.2. The van der Waals surface area contributed by atoms with Gasteiger partial charge in [0.25, 0.3) is 0 Å². The Morgan fingerprint density at radius 1 is 0.870 bits per heavy atom. The molecule has 2 aliphatic carbocycles. The molecule has 0 atom stereocenters.